The summed E-state index contributed by atoms with van der Waals surface area (Å²) in [7, 11) is 1.75. The lowest BCUT2D eigenvalue weighted by atomic mass is 9.46. The Morgan fingerprint density at radius 1 is 1.04 bits per heavy atom. The van der Waals surface area contributed by atoms with Crippen LogP contribution in [0.4, 0.5) is 0 Å². The number of benzene rings is 2. The summed E-state index contributed by atoms with van der Waals surface area (Å²) in [5.74, 6) is 3.61. The summed E-state index contributed by atoms with van der Waals surface area (Å²) in [5, 5.41) is 2.51. The molecule has 2 aromatic carbocycles. The first kappa shape index (κ1) is 13.7. The summed E-state index contributed by atoms with van der Waals surface area (Å²) in [6.45, 7) is 4.59. The Bertz CT molecular complexity index is 789. The molecule has 0 amide bonds. The largest absolute Gasteiger partial charge is 0.496 e. The van der Waals surface area contributed by atoms with Crippen molar-refractivity contribution in [1.29, 1.82) is 0 Å². The van der Waals surface area contributed by atoms with Crippen molar-refractivity contribution >= 4 is 10.8 Å². The molecular formula is C22H24O. The summed E-state index contributed by atoms with van der Waals surface area (Å²) < 4.78 is 5.52. The van der Waals surface area contributed by atoms with E-state index in [2.05, 4.69) is 36.9 Å². The molecule has 6 rings (SSSR count). The predicted octanol–water partition coefficient (Wildman–Crippen LogP) is 5.48. The molecule has 0 spiro atoms. The van der Waals surface area contributed by atoms with Gasteiger partial charge in [0.1, 0.15) is 5.75 Å². The number of hydrogen-bond acceptors (Lipinski definition) is 1. The van der Waals surface area contributed by atoms with Crippen LogP contribution in [-0.2, 0) is 5.41 Å². The first-order valence-electron chi connectivity index (χ1n) is 8.96. The molecule has 4 aliphatic carbocycles. The second-order valence-corrected chi connectivity index (χ2v) is 8.05. The number of methoxy groups -OCH3 is 1. The Kier molecular flexibility index (Phi) is 2.75. The summed E-state index contributed by atoms with van der Waals surface area (Å²) in [6.07, 6.45) is 6.92. The Morgan fingerprint density at radius 3 is 2.57 bits per heavy atom. The van der Waals surface area contributed by atoms with E-state index in [1.165, 1.54) is 54.0 Å². The smallest absolute Gasteiger partial charge is 0.126 e. The van der Waals surface area contributed by atoms with Crippen molar-refractivity contribution in [2.45, 2.75) is 37.5 Å². The van der Waals surface area contributed by atoms with E-state index in [9.17, 15) is 0 Å². The fourth-order valence-corrected chi connectivity index (χ4v) is 6.06. The predicted molar refractivity (Wildman–Crippen MR) is 94.9 cm³/mol. The van der Waals surface area contributed by atoms with E-state index in [0.29, 0.717) is 0 Å². The highest BCUT2D eigenvalue weighted by atomic mass is 16.5. The summed E-state index contributed by atoms with van der Waals surface area (Å²) in [5.41, 5.74) is 3.29. The van der Waals surface area contributed by atoms with Gasteiger partial charge in [0.05, 0.1) is 7.11 Å². The highest BCUT2D eigenvalue weighted by Gasteiger charge is 2.53. The van der Waals surface area contributed by atoms with Gasteiger partial charge in [0.25, 0.3) is 0 Å². The summed E-state index contributed by atoms with van der Waals surface area (Å²) >= 11 is 0. The van der Waals surface area contributed by atoms with Gasteiger partial charge < -0.3 is 4.74 Å². The topological polar surface area (TPSA) is 9.23 Å². The fourth-order valence-electron chi connectivity index (χ4n) is 6.06. The van der Waals surface area contributed by atoms with Crippen molar-refractivity contribution in [1.82, 2.24) is 0 Å². The monoisotopic (exact) mass is 304 g/mol. The zero-order valence-electron chi connectivity index (χ0n) is 13.8. The van der Waals surface area contributed by atoms with Gasteiger partial charge in [-0.1, -0.05) is 42.5 Å². The van der Waals surface area contributed by atoms with Crippen LogP contribution in [-0.4, -0.2) is 7.11 Å². The number of rotatable bonds is 2. The summed E-state index contributed by atoms with van der Waals surface area (Å²) in [6, 6.07) is 13.4. The molecule has 2 aromatic rings. The first-order chi connectivity index (χ1) is 11.2. The Morgan fingerprint density at radius 2 is 1.83 bits per heavy atom. The maximum atomic E-state index is 5.52. The van der Waals surface area contributed by atoms with Crippen LogP contribution < -0.4 is 4.74 Å². The SMILES string of the molecule is C=C1C2CC3CC(C2)CC1(c1ccc2c(OC)cccc2c1)C3. The molecule has 4 saturated carbocycles. The van der Waals surface area contributed by atoms with Crippen molar-refractivity contribution in [3.05, 3.63) is 54.1 Å². The molecule has 0 heterocycles. The van der Waals surface area contributed by atoms with Crippen LogP contribution in [0, 0.1) is 17.8 Å². The third-order valence-corrected chi connectivity index (χ3v) is 6.90. The van der Waals surface area contributed by atoms with Gasteiger partial charge in [-0.3, -0.25) is 0 Å². The van der Waals surface area contributed by atoms with Gasteiger partial charge in [-0.25, -0.2) is 0 Å². The van der Waals surface area contributed by atoms with Crippen LogP contribution in [0.15, 0.2) is 48.6 Å². The third kappa shape index (κ3) is 1.80. The zero-order valence-corrected chi connectivity index (χ0v) is 13.8. The molecule has 0 aliphatic heterocycles. The van der Waals surface area contributed by atoms with Crippen LogP contribution in [0.2, 0.25) is 0 Å². The number of fused-ring (bicyclic) bond motifs is 1. The Labute approximate surface area is 138 Å². The first-order valence-corrected chi connectivity index (χ1v) is 8.96. The van der Waals surface area contributed by atoms with Crippen molar-refractivity contribution in [3.63, 3.8) is 0 Å². The molecule has 118 valence electrons. The lowest BCUT2D eigenvalue weighted by Crippen LogP contribution is -2.50. The normalized spacial score (nSPS) is 35.0. The average Bonchev–Trinajstić information content (AvgIpc) is 2.57. The molecule has 1 heteroatoms. The quantitative estimate of drug-likeness (QED) is 0.667. The number of hydrogen-bond donors (Lipinski definition) is 0. The Balaban J connectivity index is 1.66. The minimum Gasteiger partial charge on any atom is -0.496 e. The zero-order chi connectivity index (χ0) is 15.6. The molecule has 2 atom stereocenters. The lowest BCUT2D eigenvalue weighted by Gasteiger charge is -2.58. The standard InChI is InChI=1S/C22H24O/c1-14-18-9-15-8-16(10-18)13-22(14,12-15)19-6-7-20-17(11-19)4-3-5-21(20)23-2/h3-7,11,15-16,18H,1,8-10,12-13H2,2H3. The highest BCUT2D eigenvalue weighted by molar-refractivity contribution is 5.89. The van der Waals surface area contributed by atoms with Gasteiger partial charge in [0, 0.05) is 10.8 Å². The molecule has 4 aliphatic rings. The van der Waals surface area contributed by atoms with Gasteiger partial charge in [0.2, 0.25) is 0 Å². The van der Waals surface area contributed by atoms with Gasteiger partial charge >= 0.3 is 0 Å². The fraction of sp³-hybridized carbons (Fsp3) is 0.455. The van der Waals surface area contributed by atoms with E-state index in [1.807, 2.05) is 6.07 Å². The van der Waals surface area contributed by atoms with E-state index in [0.717, 1.165) is 23.5 Å². The third-order valence-electron chi connectivity index (χ3n) is 6.90. The molecular weight excluding hydrogens is 280 g/mol. The molecule has 0 saturated heterocycles. The number of allylic oxidation sites excluding steroid dienone is 1. The molecule has 0 N–H and O–H groups in total. The minimum atomic E-state index is 0.256. The molecule has 23 heavy (non-hydrogen) atoms. The number of ether oxygens (including phenoxy) is 1. The molecule has 4 fully saturated rings. The van der Waals surface area contributed by atoms with Crippen LogP contribution in [0.3, 0.4) is 0 Å². The molecule has 0 radical (unpaired) electrons. The van der Waals surface area contributed by atoms with Crippen LogP contribution in [0.25, 0.3) is 10.8 Å². The van der Waals surface area contributed by atoms with Crippen LogP contribution in [0.5, 0.6) is 5.75 Å². The van der Waals surface area contributed by atoms with E-state index in [-0.39, 0.29) is 5.41 Å². The maximum Gasteiger partial charge on any atom is 0.126 e. The van der Waals surface area contributed by atoms with Crippen LogP contribution >= 0.6 is 0 Å². The van der Waals surface area contributed by atoms with E-state index >= 15 is 0 Å². The molecule has 4 bridgehead atoms. The Hall–Kier alpha value is -1.76. The van der Waals surface area contributed by atoms with Gasteiger partial charge in [0.15, 0.2) is 0 Å². The molecule has 0 aromatic heterocycles. The van der Waals surface area contributed by atoms with Crippen LogP contribution in [0.1, 0.15) is 37.7 Å². The van der Waals surface area contributed by atoms with Gasteiger partial charge in [-0.2, -0.15) is 0 Å². The van der Waals surface area contributed by atoms with E-state index in [1.54, 1.807) is 7.11 Å². The lowest BCUT2D eigenvalue weighted by molar-refractivity contribution is 0.0473. The summed E-state index contributed by atoms with van der Waals surface area (Å²) in [4.78, 5) is 0. The minimum absolute atomic E-state index is 0.256. The molecule has 1 nitrogen and oxygen atoms in total. The second kappa shape index (κ2) is 4.63. The van der Waals surface area contributed by atoms with E-state index < -0.39 is 0 Å². The van der Waals surface area contributed by atoms with E-state index in [4.69, 9.17) is 4.74 Å². The van der Waals surface area contributed by atoms with Gasteiger partial charge in [-0.15, -0.1) is 0 Å². The van der Waals surface area contributed by atoms with Crippen molar-refractivity contribution < 1.29 is 4.74 Å². The van der Waals surface area contributed by atoms with Gasteiger partial charge in [-0.05, 0) is 66.9 Å². The van der Waals surface area contributed by atoms with Crippen molar-refractivity contribution in [2.75, 3.05) is 7.11 Å². The second-order valence-electron chi connectivity index (χ2n) is 8.05. The maximum absolute atomic E-state index is 5.52. The van der Waals surface area contributed by atoms with Crippen molar-refractivity contribution in [2.24, 2.45) is 17.8 Å². The average molecular weight is 304 g/mol. The highest BCUT2D eigenvalue weighted by Crippen LogP contribution is 2.63. The molecule has 2 unspecified atom stereocenters. The van der Waals surface area contributed by atoms with Crippen molar-refractivity contribution in [3.8, 4) is 5.75 Å².